The predicted octanol–water partition coefficient (Wildman–Crippen LogP) is 3.11. The second-order valence-corrected chi connectivity index (χ2v) is 3.57. The zero-order valence-electron chi connectivity index (χ0n) is 9.54. The van der Waals surface area contributed by atoms with Crippen molar-refractivity contribution in [1.29, 1.82) is 0 Å². The van der Waals surface area contributed by atoms with Crippen molar-refractivity contribution in [2.45, 2.75) is 20.3 Å². The van der Waals surface area contributed by atoms with Crippen LogP contribution in [0, 0.1) is 12.2 Å². The van der Waals surface area contributed by atoms with Gasteiger partial charge in [-0.1, -0.05) is 26.0 Å². The molecule has 0 saturated carbocycles. The monoisotopic (exact) mass is 208 g/mol. The Kier molecular flexibility index (Phi) is 5.33. The topological polar surface area (TPSA) is 3.24 Å². The van der Waals surface area contributed by atoms with Gasteiger partial charge in [-0.3, -0.25) is 0 Å². The first-order chi connectivity index (χ1) is 7.26. The van der Waals surface area contributed by atoms with E-state index < -0.39 is 0 Å². The van der Waals surface area contributed by atoms with E-state index in [0.29, 0.717) is 0 Å². The summed E-state index contributed by atoms with van der Waals surface area (Å²) in [5.74, 6) is -0.170. The molecule has 0 fully saturated rings. The van der Waals surface area contributed by atoms with Gasteiger partial charge in [0.15, 0.2) is 0 Å². The van der Waals surface area contributed by atoms with Gasteiger partial charge in [0, 0.05) is 0 Å². The van der Waals surface area contributed by atoms with E-state index in [2.05, 4.69) is 25.2 Å². The lowest BCUT2D eigenvalue weighted by molar-refractivity contribution is 0.307. The second-order valence-electron chi connectivity index (χ2n) is 3.57. The lowest BCUT2D eigenvalue weighted by atomic mass is 10.1. The minimum Gasteiger partial charge on any atom is -0.304 e. The van der Waals surface area contributed by atoms with Gasteiger partial charge in [-0.2, -0.15) is 0 Å². The highest BCUT2D eigenvalue weighted by Gasteiger charge is 1.99. The van der Waals surface area contributed by atoms with Crippen LogP contribution in [0.3, 0.4) is 0 Å². The molecule has 0 amide bonds. The molecule has 0 atom stereocenters. The first-order valence-corrected chi connectivity index (χ1v) is 5.57. The number of rotatable bonds is 6. The van der Waals surface area contributed by atoms with Crippen molar-refractivity contribution in [3.05, 3.63) is 42.1 Å². The zero-order chi connectivity index (χ0) is 11.1. The summed E-state index contributed by atoms with van der Waals surface area (Å²) in [7, 11) is 0. The number of hydrogen-bond acceptors (Lipinski definition) is 1. The molecule has 2 heteroatoms. The van der Waals surface area contributed by atoms with Crippen molar-refractivity contribution in [3.63, 3.8) is 0 Å². The first-order valence-electron chi connectivity index (χ1n) is 5.57. The SMILES string of the molecule is CCN(CC)CC[CH]c1ccc(F)cc1. The van der Waals surface area contributed by atoms with Crippen LogP contribution in [0.2, 0.25) is 0 Å². The predicted molar refractivity (Wildman–Crippen MR) is 62.2 cm³/mol. The fourth-order valence-electron chi connectivity index (χ4n) is 1.55. The standard InChI is InChI=1S/C13H19FN/c1-3-15(4-2)11-5-6-12-7-9-13(14)10-8-12/h6-10H,3-5,11H2,1-2H3. The summed E-state index contributed by atoms with van der Waals surface area (Å²) in [4.78, 5) is 2.38. The number of benzene rings is 1. The van der Waals surface area contributed by atoms with E-state index in [-0.39, 0.29) is 5.82 Å². The Morgan fingerprint density at radius 1 is 1.13 bits per heavy atom. The third-order valence-electron chi connectivity index (χ3n) is 2.59. The lowest BCUT2D eigenvalue weighted by Gasteiger charge is -2.17. The van der Waals surface area contributed by atoms with E-state index in [1.54, 1.807) is 0 Å². The van der Waals surface area contributed by atoms with E-state index in [4.69, 9.17) is 0 Å². The van der Waals surface area contributed by atoms with Gasteiger partial charge in [0.1, 0.15) is 5.82 Å². The average molecular weight is 208 g/mol. The molecular weight excluding hydrogens is 189 g/mol. The van der Waals surface area contributed by atoms with Crippen LogP contribution in [0.1, 0.15) is 25.8 Å². The number of nitrogens with zero attached hydrogens (tertiary/aromatic N) is 1. The Hall–Kier alpha value is -0.890. The summed E-state index contributed by atoms with van der Waals surface area (Å²) in [6, 6.07) is 6.64. The fourth-order valence-corrected chi connectivity index (χ4v) is 1.55. The average Bonchev–Trinajstić information content (AvgIpc) is 2.27. The normalized spacial score (nSPS) is 10.9. The number of hydrogen-bond donors (Lipinski definition) is 0. The summed E-state index contributed by atoms with van der Waals surface area (Å²) in [5.41, 5.74) is 1.10. The van der Waals surface area contributed by atoms with Crippen molar-refractivity contribution in [3.8, 4) is 0 Å². The summed E-state index contributed by atoms with van der Waals surface area (Å²) in [6.07, 6.45) is 3.17. The van der Waals surface area contributed by atoms with Crippen LogP contribution in [0.15, 0.2) is 24.3 Å². The third-order valence-corrected chi connectivity index (χ3v) is 2.59. The Bertz CT molecular complexity index is 264. The molecule has 0 aliphatic rings. The quantitative estimate of drug-likeness (QED) is 0.694. The second kappa shape index (κ2) is 6.57. The van der Waals surface area contributed by atoms with Crippen molar-refractivity contribution in [2.75, 3.05) is 19.6 Å². The molecule has 0 N–H and O–H groups in total. The van der Waals surface area contributed by atoms with Crippen molar-refractivity contribution in [1.82, 2.24) is 4.90 Å². The summed E-state index contributed by atoms with van der Waals surface area (Å²) in [6.45, 7) is 7.59. The molecule has 0 aliphatic heterocycles. The molecular formula is C13H19FN. The summed E-state index contributed by atoms with van der Waals surface area (Å²) >= 11 is 0. The minimum absolute atomic E-state index is 0.170. The van der Waals surface area contributed by atoms with Gasteiger partial charge >= 0.3 is 0 Å². The smallest absolute Gasteiger partial charge is 0.123 e. The highest BCUT2D eigenvalue weighted by Crippen LogP contribution is 2.07. The number of halogens is 1. The molecule has 1 radical (unpaired) electrons. The molecule has 0 aromatic heterocycles. The summed E-state index contributed by atoms with van der Waals surface area (Å²) < 4.78 is 12.6. The molecule has 0 saturated heterocycles. The first kappa shape index (κ1) is 12.2. The van der Waals surface area contributed by atoms with Gasteiger partial charge in [-0.25, -0.2) is 4.39 Å². The van der Waals surface area contributed by atoms with Gasteiger partial charge in [-0.05, 0) is 50.2 Å². The largest absolute Gasteiger partial charge is 0.304 e. The highest BCUT2D eigenvalue weighted by molar-refractivity contribution is 5.23. The fraction of sp³-hybridized carbons (Fsp3) is 0.462. The minimum atomic E-state index is -0.170. The molecule has 1 nitrogen and oxygen atoms in total. The maximum absolute atomic E-state index is 12.6. The van der Waals surface area contributed by atoms with E-state index in [1.165, 1.54) is 12.1 Å². The highest BCUT2D eigenvalue weighted by atomic mass is 19.1. The van der Waals surface area contributed by atoms with Gasteiger partial charge in [0.05, 0.1) is 0 Å². The molecule has 0 unspecified atom stereocenters. The van der Waals surface area contributed by atoms with Gasteiger partial charge < -0.3 is 4.90 Å². The Morgan fingerprint density at radius 3 is 2.27 bits per heavy atom. The summed E-state index contributed by atoms with van der Waals surface area (Å²) in [5, 5.41) is 0. The molecule has 83 valence electrons. The van der Waals surface area contributed by atoms with Gasteiger partial charge in [-0.15, -0.1) is 0 Å². The Labute approximate surface area is 91.9 Å². The van der Waals surface area contributed by atoms with E-state index >= 15 is 0 Å². The molecule has 15 heavy (non-hydrogen) atoms. The Morgan fingerprint density at radius 2 is 1.73 bits per heavy atom. The molecule has 0 heterocycles. The van der Waals surface area contributed by atoms with Crippen LogP contribution in [-0.2, 0) is 0 Å². The van der Waals surface area contributed by atoms with Gasteiger partial charge in [0.25, 0.3) is 0 Å². The van der Waals surface area contributed by atoms with E-state index in [0.717, 1.165) is 31.6 Å². The van der Waals surface area contributed by atoms with Crippen LogP contribution in [0.4, 0.5) is 4.39 Å². The van der Waals surface area contributed by atoms with Crippen LogP contribution < -0.4 is 0 Å². The zero-order valence-corrected chi connectivity index (χ0v) is 9.54. The van der Waals surface area contributed by atoms with Crippen LogP contribution in [0.25, 0.3) is 0 Å². The maximum Gasteiger partial charge on any atom is 0.123 e. The van der Waals surface area contributed by atoms with Crippen molar-refractivity contribution >= 4 is 0 Å². The third kappa shape index (κ3) is 4.43. The van der Waals surface area contributed by atoms with Crippen LogP contribution >= 0.6 is 0 Å². The Balaban J connectivity index is 2.28. The molecule has 1 aromatic carbocycles. The van der Waals surface area contributed by atoms with Crippen molar-refractivity contribution < 1.29 is 4.39 Å². The lowest BCUT2D eigenvalue weighted by Crippen LogP contribution is -2.23. The van der Waals surface area contributed by atoms with Crippen LogP contribution in [0.5, 0.6) is 0 Å². The molecule has 0 bridgehead atoms. The van der Waals surface area contributed by atoms with Crippen molar-refractivity contribution in [2.24, 2.45) is 0 Å². The maximum atomic E-state index is 12.6. The molecule has 1 rings (SSSR count). The molecule has 0 spiro atoms. The molecule has 1 aromatic rings. The van der Waals surface area contributed by atoms with E-state index in [9.17, 15) is 4.39 Å². The van der Waals surface area contributed by atoms with Crippen LogP contribution in [-0.4, -0.2) is 24.5 Å². The molecule has 0 aliphatic carbocycles. The van der Waals surface area contributed by atoms with E-state index in [1.807, 2.05) is 12.1 Å². The van der Waals surface area contributed by atoms with Gasteiger partial charge in [0.2, 0.25) is 0 Å².